The fourth-order valence-corrected chi connectivity index (χ4v) is 2.03. The number of benzene rings is 1. The van der Waals surface area contributed by atoms with Gasteiger partial charge in [-0.05, 0) is 12.1 Å². The van der Waals surface area contributed by atoms with E-state index in [1.807, 2.05) is 4.90 Å². The first-order valence-electron chi connectivity index (χ1n) is 6.10. The van der Waals surface area contributed by atoms with Crippen LogP contribution in [0.2, 0.25) is 0 Å². The molecule has 0 unspecified atom stereocenters. The van der Waals surface area contributed by atoms with Crippen LogP contribution in [0, 0.1) is 0 Å². The number of halogens is 3. The summed E-state index contributed by atoms with van der Waals surface area (Å²) in [6.45, 7) is 3.25. The molecule has 2 rings (SSSR count). The molecule has 0 saturated carbocycles. The Morgan fingerprint density at radius 3 is 2.58 bits per heavy atom. The third kappa shape index (κ3) is 3.78. The summed E-state index contributed by atoms with van der Waals surface area (Å²) < 4.78 is 37.7. The Labute approximate surface area is 109 Å². The standard InChI is InChI=1S/C13H15F3N2O/c14-13(15,16)11-3-1-2-10(8-11)12(19)9-18-6-4-17-5-7-18/h1-3,8,17H,4-7,9H2. The molecule has 1 fully saturated rings. The van der Waals surface area contributed by atoms with Gasteiger partial charge in [-0.25, -0.2) is 0 Å². The van der Waals surface area contributed by atoms with Crippen LogP contribution in [0.4, 0.5) is 13.2 Å². The third-order valence-electron chi connectivity index (χ3n) is 3.09. The summed E-state index contributed by atoms with van der Waals surface area (Å²) in [7, 11) is 0. The topological polar surface area (TPSA) is 32.3 Å². The summed E-state index contributed by atoms with van der Waals surface area (Å²) in [5.74, 6) is -0.270. The molecule has 1 aliphatic heterocycles. The highest BCUT2D eigenvalue weighted by Crippen LogP contribution is 2.29. The Hall–Kier alpha value is -1.40. The molecule has 19 heavy (non-hydrogen) atoms. The van der Waals surface area contributed by atoms with E-state index in [1.54, 1.807) is 0 Å². The smallest absolute Gasteiger partial charge is 0.314 e. The van der Waals surface area contributed by atoms with E-state index in [9.17, 15) is 18.0 Å². The quantitative estimate of drug-likeness (QED) is 0.851. The second-order valence-corrected chi connectivity index (χ2v) is 4.53. The summed E-state index contributed by atoms with van der Waals surface area (Å²) in [5.41, 5.74) is -0.660. The highest BCUT2D eigenvalue weighted by molar-refractivity contribution is 5.97. The zero-order valence-corrected chi connectivity index (χ0v) is 10.3. The number of carbonyl (C=O) groups is 1. The Morgan fingerprint density at radius 2 is 1.95 bits per heavy atom. The van der Waals surface area contributed by atoms with Crippen molar-refractivity contribution in [3.63, 3.8) is 0 Å². The number of hydrogen-bond donors (Lipinski definition) is 1. The van der Waals surface area contributed by atoms with E-state index in [0.29, 0.717) is 0 Å². The first-order chi connectivity index (χ1) is 8.97. The zero-order chi connectivity index (χ0) is 13.9. The van der Waals surface area contributed by atoms with Gasteiger partial charge in [0.25, 0.3) is 0 Å². The maximum atomic E-state index is 12.6. The van der Waals surface area contributed by atoms with E-state index in [1.165, 1.54) is 12.1 Å². The highest BCUT2D eigenvalue weighted by atomic mass is 19.4. The summed E-state index contributed by atoms with van der Waals surface area (Å²) in [5, 5.41) is 3.16. The molecule has 0 aliphatic carbocycles. The highest BCUT2D eigenvalue weighted by Gasteiger charge is 2.31. The lowest BCUT2D eigenvalue weighted by molar-refractivity contribution is -0.137. The van der Waals surface area contributed by atoms with E-state index in [-0.39, 0.29) is 17.9 Å². The molecular formula is C13H15F3N2O. The fraction of sp³-hybridized carbons (Fsp3) is 0.462. The maximum absolute atomic E-state index is 12.6. The molecule has 1 saturated heterocycles. The Balaban J connectivity index is 2.06. The number of rotatable bonds is 3. The third-order valence-corrected chi connectivity index (χ3v) is 3.09. The van der Waals surface area contributed by atoms with Gasteiger partial charge < -0.3 is 5.32 Å². The minimum atomic E-state index is -4.41. The molecule has 1 heterocycles. The summed E-state index contributed by atoms with van der Waals surface area (Å²) >= 11 is 0. The summed E-state index contributed by atoms with van der Waals surface area (Å²) in [4.78, 5) is 13.9. The fourth-order valence-electron chi connectivity index (χ4n) is 2.03. The second-order valence-electron chi connectivity index (χ2n) is 4.53. The zero-order valence-electron chi connectivity index (χ0n) is 10.3. The SMILES string of the molecule is O=C(CN1CCNCC1)c1cccc(C(F)(F)F)c1. The van der Waals surface area contributed by atoms with Crippen molar-refractivity contribution in [3.05, 3.63) is 35.4 Å². The van der Waals surface area contributed by atoms with Crippen LogP contribution in [-0.2, 0) is 6.18 Å². The van der Waals surface area contributed by atoms with Crippen molar-refractivity contribution < 1.29 is 18.0 Å². The molecule has 3 nitrogen and oxygen atoms in total. The summed E-state index contributed by atoms with van der Waals surface area (Å²) in [6.07, 6.45) is -4.41. The number of alkyl halides is 3. The van der Waals surface area contributed by atoms with Gasteiger partial charge in [-0.15, -0.1) is 0 Å². The lowest BCUT2D eigenvalue weighted by Crippen LogP contribution is -2.45. The van der Waals surface area contributed by atoms with Gasteiger partial charge in [0.15, 0.2) is 5.78 Å². The van der Waals surface area contributed by atoms with Crippen LogP contribution in [-0.4, -0.2) is 43.4 Å². The van der Waals surface area contributed by atoms with E-state index in [0.717, 1.165) is 38.3 Å². The van der Waals surface area contributed by atoms with Crippen molar-refractivity contribution >= 4 is 5.78 Å². The lowest BCUT2D eigenvalue weighted by Gasteiger charge is -2.26. The molecule has 0 spiro atoms. The Kier molecular flexibility index (Phi) is 4.21. The molecule has 0 bridgehead atoms. The minimum absolute atomic E-state index is 0.119. The van der Waals surface area contributed by atoms with Gasteiger partial charge in [-0.2, -0.15) is 13.2 Å². The van der Waals surface area contributed by atoms with E-state index in [2.05, 4.69) is 5.32 Å². The second kappa shape index (κ2) is 5.71. The van der Waals surface area contributed by atoms with Gasteiger partial charge in [0.2, 0.25) is 0 Å². The number of piperazine rings is 1. The van der Waals surface area contributed by atoms with Gasteiger partial charge in [0.1, 0.15) is 0 Å². The Bertz CT molecular complexity index is 453. The molecule has 1 aromatic rings. The number of Topliss-reactive ketones (excluding diaryl/α,β-unsaturated/α-hetero) is 1. The molecule has 1 aromatic carbocycles. The number of nitrogens with one attached hydrogen (secondary N) is 1. The molecule has 0 aromatic heterocycles. The maximum Gasteiger partial charge on any atom is 0.416 e. The largest absolute Gasteiger partial charge is 0.416 e. The molecule has 0 atom stereocenters. The van der Waals surface area contributed by atoms with Crippen LogP contribution in [0.5, 0.6) is 0 Å². The number of ketones is 1. The van der Waals surface area contributed by atoms with Gasteiger partial charge in [0.05, 0.1) is 12.1 Å². The van der Waals surface area contributed by atoms with Gasteiger partial charge >= 0.3 is 6.18 Å². The molecule has 0 radical (unpaired) electrons. The van der Waals surface area contributed by atoms with Crippen molar-refractivity contribution in [2.45, 2.75) is 6.18 Å². The lowest BCUT2D eigenvalue weighted by atomic mass is 10.1. The first-order valence-corrected chi connectivity index (χ1v) is 6.10. The number of nitrogens with zero attached hydrogens (tertiary/aromatic N) is 1. The van der Waals surface area contributed by atoms with Gasteiger partial charge in [-0.1, -0.05) is 12.1 Å². The van der Waals surface area contributed by atoms with Gasteiger partial charge in [0, 0.05) is 31.7 Å². The van der Waals surface area contributed by atoms with Gasteiger partial charge in [-0.3, -0.25) is 9.69 Å². The van der Waals surface area contributed by atoms with Crippen LogP contribution in [0.3, 0.4) is 0 Å². The van der Waals surface area contributed by atoms with Crippen LogP contribution in [0.15, 0.2) is 24.3 Å². The van der Waals surface area contributed by atoms with E-state index >= 15 is 0 Å². The molecule has 1 N–H and O–H groups in total. The predicted octanol–water partition coefficient (Wildman–Crippen LogP) is 1.79. The molecule has 104 valence electrons. The van der Waals surface area contributed by atoms with Crippen LogP contribution in [0.1, 0.15) is 15.9 Å². The average Bonchev–Trinajstić information content (AvgIpc) is 2.39. The van der Waals surface area contributed by atoms with E-state index < -0.39 is 11.7 Å². The van der Waals surface area contributed by atoms with Crippen molar-refractivity contribution in [1.82, 2.24) is 10.2 Å². The molecular weight excluding hydrogens is 257 g/mol. The van der Waals surface area contributed by atoms with Crippen molar-refractivity contribution in [2.75, 3.05) is 32.7 Å². The van der Waals surface area contributed by atoms with Crippen LogP contribution in [0.25, 0.3) is 0 Å². The first kappa shape index (κ1) is 14.0. The number of carbonyl (C=O) groups excluding carboxylic acids is 1. The average molecular weight is 272 g/mol. The predicted molar refractivity (Wildman–Crippen MR) is 65.1 cm³/mol. The molecule has 1 aliphatic rings. The molecule has 0 amide bonds. The minimum Gasteiger partial charge on any atom is -0.314 e. The van der Waals surface area contributed by atoms with E-state index in [4.69, 9.17) is 0 Å². The van der Waals surface area contributed by atoms with Crippen molar-refractivity contribution in [1.29, 1.82) is 0 Å². The van der Waals surface area contributed by atoms with Crippen molar-refractivity contribution in [2.24, 2.45) is 0 Å². The number of hydrogen-bond acceptors (Lipinski definition) is 3. The van der Waals surface area contributed by atoms with Crippen LogP contribution < -0.4 is 5.32 Å². The van der Waals surface area contributed by atoms with Crippen LogP contribution >= 0.6 is 0 Å². The normalized spacial score (nSPS) is 17.4. The Morgan fingerprint density at radius 1 is 1.26 bits per heavy atom. The molecule has 6 heteroatoms. The monoisotopic (exact) mass is 272 g/mol. The van der Waals surface area contributed by atoms with Crippen molar-refractivity contribution in [3.8, 4) is 0 Å². The summed E-state index contributed by atoms with van der Waals surface area (Å²) in [6, 6.07) is 4.60.